The molecule has 1 aliphatic heterocycles. The summed E-state index contributed by atoms with van der Waals surface area (Å²) in [6.45, 7) is -0.674. The van der Waals surface area contributed by atoms with Gasteiger partial charge in [-0.3, -0.25) is 0 Å². The highest BCUT2D eigenvalue weighted by Gasteiger charge is 2.44. The number of ether oxygens (including phenoxy) is 1. The Morgan fingerprint density at radius 2 is 1.81 bits per heavy atom. The lowest BCUT2D eigenvalue weighted by molar-refractivity contribution is -0.251. The van der Waals surface area contributed by atoms with Gasteiger partial charge in [-0.25, -0.2) is 13.1 Å². The summed E-state index contributed by atoms with van der Waals surface area (Å²) < 4.78 is 37.1. The van der Waals surface area contributed by atoms with E-state index in [0.29, 0.717) is 0 Å². The van der Waals surface area contributed by atoms with Gasteiger partial charge in [-0.2, -0.15) is 0 Å². The lowest BCUT2D eigenvalue weighted by Crippen LogP contribution is -2.64. The van der Waals surface area contributed by atoms with Gasteiger partial charge < -0.3 is 29.7 Å². The third kappa shape index (κ3) is 3.09. The van der Waals surface area contributed by atoms with E-state index in [1.165, 1.54) is 4.72 Å². The van der Waals surface area contributed by atoms with Crippen molar-refractivity contribution in [2.45, 2.75) is 30.6 Å². The summed E-state index contributed by atoms with van der Waals surface area (Å²) in [6, 6.07) is -1.68. The second-order valence-corrected chi connectivity index (χ2v) is 4.47. The second kappa shape index (κ2) is 4.89. The van der Waals surface area contributed by atoms with E-state index < -0.39 is 47.6 Å². The molecule has 1 saturated heterocycles. The topological polar surface area (TPSA) is 159 Å². The van der Waals surface area contributed by atoms with Crippen molar-refractivity contribution in [2.75, 3.05) is 6.61 Å². The first-order valence-electron chi connectivity index (χ1n) is 4.30. The van der Waals surface area contributed by atoms with Crippen LogP contribution in [0.25, 0.3) is 0 Å². The van der Waals surface area contributed by atoms with Crippen LogP contribution >= 0.6 is 0 Å². The van der Waals surface area contributed by atoms with Crippen molar-refractivity contribution in [2.24, 2.45) is 0 Å². The van der Waals surface area contributed by atoms with Crippen molar-refractivity contribution in [1.29, 1.82) is 0 Å². The molecule has 96 valence electrons. The molecule has 1 heterocycles. The first kappa shape index (κ1) is 13.7. The molecular weight excluding hydrogens is 246 g/mol. The highest BCUT2D eigenvalue weighted by molar-refractivity contribution is 7.83. The van der Waals surface area contributed by atoms with Crippen molar-refractivity contribution in [3.63, 3.8) is 0 Å². The SMILES string of the molecule is O=S(=O)([O-])NC1[C@H](O)OC(CO)[C@@H](O)[C@@H]1O. The van der Waals surface area contributed by atoms with Crippen LogP contribution in [0.4, 0.5) is 0 Å². The zero-order valence-electron chi connectivity index (χ0n) is 7.92. The maximum atomic E-state index is 10.4. The molecule has 0 bridgehead atoms. The molecule has 0 aromatic rings. The molecule has 5 N–H and O–H groups in total. The molecule has 2 unspecified atom stereocenters. The maximum Gasteiger partial charge on any atom is 0.174 e. The third-order valence-corrected chi connectivity index (χ3v) is 2.74. The van der Waals surface area contributed by atoms with Crippen molar-refractivity contribution < 1.29 is 38.1 Å². The van der Waals surface area contributed by atoms with E-state index in [9.17, 15) is 28.3 Å². The van der Waals surface area contributed by atoms with E-state index in [-0.39, 0.29) is 0 Å². The zero-order chi connectivity index (χ0) is 12.5. The van der Waals surface area contributed by atoms with Crippen molar-refractivity contribution in [3.05, 3.63) is 0 Å². The van der Waals surface area contributed by atoms with Crippen molar-refractivity contribution in [3.8, 4) is 0 Å². The number of hydrogen-bond donors (Lipinski definition) is 5. The molecule has 0 amide bonds. The minimum atomic E-state index is -4.91. The molecule has 1 rings (SSSR count). The summed E-state index contributed by atoms with van der Waals surface area (Å²) in [6.07, 6.45) is -6.46. The predicted octanol–water partition coefficient (Wildman–Crippen LogP) is -4.16. The molecule has 0 aromatic carbocycles. The van der Waals surface area contributed by atoms with Gasteiger partial charge in [0.2, 0.25) is 0 Å². The zero-order valence-corrected chi connectivity index (χ0v) is 8.74. The lowest BCUT2D eigenvalue weighted by atomic mass is 9.98. The molecule has 10 heteroatoms. The molecule has 16 heavy (non-hydrogen) atoms. The van der Waals surface area contributed by atoms with E-state index in [4.69, 9.17) is 5.11 Å². The Hall–Kier alpha value is -0.330. The fourth-order valence-corrected chi connectivity index (χ4v) is 1.98. The fraction of sp³-hybridized carbons (Fsp3) is 1.00. The number of aliphatic hydroxyl groups excluding tert-OH is 4. The molecule has 0 saturated carbocycles. The van der Waals surface area contributed by atoms with Crippen LogP contribution in [0.15, 0.2) is 0 Å². The Kier molecular flexibility index (Phi) is 4.20. The van der Waals surface area contributed by atoms with Gasteiger partial charge in [-0.15, -0.1) is 0 Å². The largest absolute Gasteiger partial charge is 0.735 e. The Morgan fingerprint density at radius 3 is 2.25 bits per heavy atom. The van der Waals surface area contributed by atoms with E-state index in [0.717, 1.165) is 0 Å². The molecule has 1 aliphatic rings. The van der Waals surface area contributed by atoms with Crippen LogP contribution in [0.3, 0.4) is 0 Å². The standard InChI is InChI=1S/C6H13NO8S/c8-1-2-4(9)5(10)3(6(11)15-2)7-16(12,13)14/h2-11H,1H2,(H,12,13,14)/p-1/t2?,3?,4-,5-,6-/m1/s1. The van der Waals surface area contributed by atoms with Crippen LogP contribution in [0, 0.1) is 0 Å². The molecule has 0 spiro atoms. The first-order valence-corrected chi connectivity index (χ1v) is 5.70. The third-order valence-electron chi connectivity index (χ3n) is 2.18. The van der Waals surface area contributed by atoms with Crippen LogP contribution in [0.1, 0.15) is 0 Å². The van der Waals surface area contributed by atoms with Crippen LogP contribution in [0.5, 0.6) is 0 Å². The van der Waals surface area contributed by atoms with Crippen LogP contribution in [0.2, 0.25) is 0 Å². The van der Waals surface area contributed by atoms with E-state index in [1.807, 2.05) is 0 Å². The number of nitrogens with one attached hydrogen (secondary N) is 1. The summed E-state index contributed by atoms with van der Waals surface area (Å²) in [5, 5.41) is 36.7. The Balaban J connectivity index is 2.80. The van der Waals surface area contributed by atoms with Gasteiger partial charge in [-0.05, 0) is 0 Å². The van der Waals surface area contributed by atoms with Gasteiger partial charge in [0.1, 0.15) is 18.3 Å². The first-order chi connectivity index (χ1) is 7.26. The summed E-state index contributed by atoms with van der Waals surface area (Å²) >= 11 is 0. The number of aliphatic hydroxyl groups is 4. The number of rotatable bonds is 3. The monoisotopic (exact) mass is 258 g/mol. The molecule has 0 aromatic heterocycles. The Labute approximate surface area is 91.2 Å². The van der Waals surface area contributed by atoms with Crippen molar-refractivity contribution >= 4 is 10.3 Å². The van der Waals surface area contributed by atoms with Gasteiger partial charge in [0, 0.05) is 0 Å². The summed E-state index contributed by atoms with van der Waals surface area (Å²) in [7, 11) is -4.91. The average Bonchev–Trinajstić information content (AvgIpc) is 2.17. The van der Waals surface area contributed by atoms with Gasteiger partial charge in [-0.1, -0.05) is 0 Å². The van der Waals surface area contributed by atoms with Gasteiger partial charge in [0.25, 0.3) is 0 Å². The average molecular weight is 258 g/mol. The molecule has 0 aliphatic carbocycles. The minimum Gasteiger partial charge on any atom is -0.735 e. The van der Waals surface area contributed by atoms with Gasteiger partial charge >= 0.3 is 0 Å². The smallest absolute Gasteiger partial charge is 0.174 e. The van der Waals surface area contributed by atoms with Crippen LogP contribution < -0.4 is 4.72 Å². The summed E-state index contributed by atoms with van der Waals surface area (Å²) in [4.78, 5) is 0. The van der Waals surface area contributed by atoms with Crippen LogP contribution in [-0.4, -0.2) is 70.6 Å². The van der Waals surface area contributed by atoms with Crippen LogP contribution in [-0.2, 0) is 15.0 Å². The highest BCUT2D eigenvalue weighted by atomic mass is 32.2. The quantitative estimate of drug-likeness (QED) is 0.319. The summed E-state index contributed by atoms with van der Waals surface area (Å²) in [5.41, 5.74) is 0. The van der Waals surface area contributed by atoms with E-state index in [2.05, 4.69) is 4.74 Å². The Bertz CT molecular complexity index is 331. The molecule has 9 nitrogen and oxygen atoms in total. The molecular formula is C6H12NO8S-. The predicted molar refractivity (Wildman–Crippen MR) is 46.6 cm³/mol. The highest BCUT2D eigenvalue weighted by Crippen LogP contribution is 2.19. The summed E-state index contributed by atoms with van der Waals surface area (Å²) in [5.74, 6) is 0. The molecule has 5 atom stereocenters. The van der Waals surface area contributed by atoms with Crippen molar-refractivity contribution in [1.82, 2.24) is 4.72 Å². The Morgan fingerprint density at radius 1 is 1.25 bits per heavy atom. The molecule has 0 radical (unpaired) electrons. The lowest BCUT2D eigenvalue weighted by Gasteiger charge is -2.40. The molecule has 1 fully saturated rings. The van der Waals surface area contributed by atoms with E-state index in [1.54, 1.807) is 0 Å². The van der Waals surface area contributed by atoms with Gasteiger partial charge in [0.05, 0.1) is 12.6 Å². The van der Waals surface area contributed by atoms with E-state index >= 15 is 0 Å². The fourth-order valence-electron chi connectivity index (χ4n) is 1.39. The second-order valence-electron chi connectivity index (χ2n) is 3.33. The number of hydrogen-bond acceptors (Lipinski definition) is 8. The minimum absolute atomic E-state index is 0.674. The van der Waals surface area contributed by atoms with Gasteiger partial charge in [0.15, 0.2) is 16.6 Å². The maximum absolute atomic E-state index is 10.4. The normalized spacial score (nSPS) is 40.9.